The Hall–Kier alpha value is -0.830. The Bertz CT molecular complexity index is 264. The van der Waals surface area contributed by atoms with Crippen LogP contribution in [0.5, 0.6) is 0 Å². The lowest BCUT2D eigenvalue weighted by Crippen LogP contribution is -2.27. The molecule has 0 saturated heterocycles. The van der Waals surface area contributed by atoms with Crippen molar-refractivity contribution in [2.24, 2.45) is 7.05 Å². The third-order valence-electron chi connectivity index (χ3n) is 2.30. The predicted molar refractivity (Wildman–Crippen MR) is 43.2 cm³/mol. The maximum absolute atomic E-state index is 4.33. The Morgan fingerprint density at radius 2 is 2.27 bits per heavy atom. The topological polar surface area (TPSA) is 21.1 Å². The molecule has 1 aliphatic heterocycles. The summed E-state index contributed by atoms with van der Waals surface area (Å²) in [6, 6.07) is 0. The number of nitrogens with zero attached hydrogens (tertiary/aromatic N) is 3. The number of likely N-dealkylation sites (N-methyl/N-ethyl adjacent to an activating group) is 1. The average Bonchev–Trinajstić information content (AvgIpc) is 2.33. The van der Waals surface area contributed by atoms with Crippen LogP contribution in [0.25, 0.3) is 0 Å². The Morgan fingerprint density at radius 3 is 3.09 bits per heavy atom. The largest absolute Gasteiger partial charge is 0.336 e. The molecule has 1 aromatic rings. The van der Waals surface area contributed by atoms with Crippen molar-refractivity contribution in [2.45, 2.75) is 13.0 Å². The van der Waals surface area contributed by atoms with E-state index in [1.807, 2.05) is 6.33 Å². The molecule has 3 heteroatoms. The highest BCUT2D eigenvalue weighted by Crippen LogP contribution is 2.14. The lowest BCUT2D eigenvalue weighted by molar-refractivity contribution is 0.303. The fraction of sp³-hybridized carbons (Fsp3) is 0.625. The molecule has 2 rings (SSSR count). The minimum atomic E-state index is 1.05. The molecular weight excluding hydrogens is 138 g/mol. The summed E-state index contributed by atoms with van der Waals surface area (Å²) in [6.07, 6.45) is 3.01. The van der Waals surface area contributed by atoms with Gasteiger partial charge in [0.15, 0.2) is 0 Å². The van der Waals surface area contributed by atoms with E-state index in [0.29, 0.717) is 0 Å². The minimum Gasteiger partial charge on any atom is -0.336 e. The molecule has 3 nitrogen and oxygen atoms in total. The van der Waals surface area contributed by atoms with E-state index in [4.69, 9.17) is 0 Å². The number of imidazole rings is 1. The summed E-state index contributed by atoms with van der Waals surface area (Å²) in [7, 11) is 4.21. The zero-order chi connectivity index (χ0) is 7.84. The molecule has 0 amide bonds. The molecule has 0 fully saturated rings. The molecule has 0 saturated carbocycles. The van der Waals surface area contributed by atoms with Gasteiger partial charge in [-0.2, -0.15) is 0 Å². The van der Waals surface area contributed by atoms with Gasteiger partial charge in [-0.25, -0.2) is 4.98 Å². The Kier molecular flexibility index (Phi) is 1.46. The molecule has 0 aliphatic carbocycles. The van der Waals surface area contributed by atoms with Crippen molar-refractivity contribution in [3.8, 4) is 0 Å². The normalized spacial score (nSPS) is 18.4. The van der Waals surface area contributed by atoms with Crippen LogP contribution in [-0.4, -0.2) is 28.0 Å². The molecule has 0 spiro atoms. The molecule has 2 heterocycles. The Labute approximate surface area is 66.6 Å². The lowest BCUT2D eigenvalue weighted by Gasteiger charge is -2.22. The molecule has 0 aromatic carbocycles. The Balaban J connectivity index is 2.37. The SMILES string of the molecule is CN1CCc2ncn(C)c2C1. The third-order valence-corrected chi connectivity index (χ3v) is 2.30. The summed E-state index contributed by atoms with van der Waals surface area (Å²) in [5.41, 5.74) is 2.66. The highest BCUT2D eigenvalue weighted by Gasteiger charge is 2.16. The van der Waals surface area contributed by atoms with Crippen LogP contribution in [0.15, 0.2) is 6.33 Å². The summed E-state index contributed by atoms with van der Waals surface area (Å²) in [5, 5.41) is 0. The van der Waals surface area contributed by atoms with Crippen molar-refractivity contribution in [2.75, 3.05) is 13.6 Å². The molecule has 11 heavy (non-hydrogen) atoms. The monoisotopic (exact) mass is 151 g/mol. The highest BCUT2D eigenvalue weighted by atomic mass is 15.2. The Morgan fingerprint density at radius 1 is 1.45 bits per heavy atom. The van der Waals surface area contributed by atoms with Crippen molar-refractivity contribution in [3.63, 3.8) is 0 Å². The number of aryl methyl sites for hydroxylation is 1. The zero-order valence-corrected chi connectivity index (χ0v) is 7.04. The van der Waals surface area contributed by atoms with Gasteiger partial charge in [0.05, 0.1) is 17.7 Å². The first kappa shape index (κ1) is 6.85. The fourth-order valence-corrected chi connectivity index (χ4v) is 1.55. The summed E-state index contributed by atoms with van der Waals surface area (Å²) in [5.74, 6) is 0. The lowest BCUT2D eigenvalue weighted by atomic mass is 10.1. The van der Waals surface area contributed by atoms with Gasteiger partial charge in [-0.15, -0.1) is 0 Å². The van der Waals surface area contributed by atoms with E-state index in [9.17, 15) is 0 Å². The van der Waals surface area contributed by atoms with Gasteiger partial charge < -0.3 is 9.47 Å². The molecule has 0 radical (unpaired) electrons. The van der Waals surface area contributed by atoms with Crippen LogP contribution in [0, 0.1) is 0 Å². The summed E-state index contributed by atoms with van der Waals surface area (Å²) < 4.78 is 2.12. The van der Waals surface area contributed by atoms with E-state index in [1.165, 1.54) is 11.4 Å². The molecule has 60 valence electrons. The standard InChI is InChI=1S/C8H13N3/c1-10-4-3-7-8(5-10)11(2)6-9-7/h6H,3-5H2,1-2H3. The van der Waals surface area contributed by atoms with Crippen molar-refractivity contribution < 1.29 is 0 Å². The smallest absolute Gasteiger partial charge is 0.0949 e. The molecule has 0 unspecified atom stereocenters. The first-order valence-electron chi connectivity index (χ1n) is 3.95. The number of aromatic nitrogens is 2. The van der Waals surface area contributed by atoms with E-state index in [0.717, 1.165) is 19.5 Å². The van der Waals surface area contributed by atoms with Gasteiger partial charge in [0.25, 0.3) is 0 Å². The van der Waals surface area contributed by atoms with Gasteiger partial charge in [-0.05, 0) is 7.05 Å². The molecular formula is C8H13N3. The number of fused-ring (bicyclic) bond motifs is 1. The molecule has 0 bridgehead atoms. The van der Waals surface area contributed by atoms with E-state index < -0.39 is 0 Å². The van der Waals surface area contributed by atoms with Crippen molar-refractivity contribution in [1.29, 1.82) is 0 Å². The van der Waals surface area contributed by atoms with Crippen molar-refractivity contribution in [1.82, 2.24) is 14.5 Å². The van der Waals surface area contributed by atoms with E-state index >= 15 is 0 Å². The third kappa shape index (κ3) is 1.05. The molecule has 0 atom stereocenters. The van der Waals surface area contributed by atoms with Crippen LogP contribution in [-0.2, 0) is 20.0 Å². The summed E-state index contributed by atoms with van der Waals surface area (Å²) in [6.45, 7) is 2.19. The van der Waals surface area contributed by atoms with Gasteiger partial charge in [0.2, 0.25) is 0 Å². The van der Waals surface area contributed by atoms with Gasteiger partial charge >= 0.3 is 0 Å². The zero-order valence-electron chi connectivity index (χ0n) is 7.04. The van der Waals surface area contributed by atoms with Gasteiger partial charge in [0, 0.05) is 26.6 Å². The second kappa shape index (κ2) is 2.34. The van der Waals surface area contributed by atoms with Crippen LogP contribution >= 0.6 is 0 Å². The van der Waals surface area contributed by atoms with Crippen LogP contribution in [0.2, 0.25) is 0 Å². The van der Waals surface area contributed by atoms with E-state index in [1.54, 1.807) is 0 Å². The number of rotatable bonds is 0. The highest BCUT2D eigenvalue weighted by molar-refractivity contribution is 5.15. The van der Waals surface area contributed by atoms with Gasteiger partial charge in [0.1, 0.15) is 0 Å². The van der Waals surface area contributed by atoms with Gasteiger partial charge in [-0.1, -0.05) is 0 Å². The summed E-state index contributed by atoms with van der Waals surface area (Å²) in [4.78, 5) is 6.65. The van der Waals surface area contributed by atoms with Gasteiger partial charge in [-0.3, -0.25) is 0 Å². The van der Waals surface area contributed by atoms with Crippen LogP contribution in [0.3, 0.4) is 0 Å². The number of hydrogen-bond acceptors (Lipinski definition) is 2. The van der Waals surface area contributed by atoms with Crippen LogP contribution in [0.4, 0.5) is 0 Å². The number of hydrogen-bond donors (Lipinski definition) is 0. The maximum atomic E-state index is 4.33. The summed E-state index contributed by atoms with van der Waals surface area (Å²) >= 11 is 0. The average molecular weight is 151 g/mol. The van der Waals surface area contributed by atoms with Crippen molar-refractivity contribution in [3.05, 3.63) is 17.7 Å². The predicted octanol–water partition coefficient (Wildman–Crippen LogP) is 0.408. The molecule has 1 aliphatic rings. The first-order valence-corrected chi connectivity index (χ1v) is 3.95. The molecule has 0 N–H and O–H groups in total. The van der Waals surface area contributed by atoms with Crippen molar-refractivity contribution >= 4 is 0 Å². The maximum Gasteiger partial charge on any atom is 0.0949 e. The van der Waals surface area contributed by atoms with E-state index in [-0.39, 0.29) is 0 Å². The van der Waals surface area contributed by atoms with Crippen LogP contribution < -0.4 is 0 Å². The second-order valence-corrected chi connectivity index (χ2v) is 3.24. The minimum absolute atomic E-state index is 1.05. The molecule has 1 aromatic heterocycles. The first-order chi connectivity index (χ1) is 5.27. The fourth-order valence-electron chi connectivity index (χ4n) is 1.55. The van der Waals surface area contributed by atoms with E-state index in [2.05, 4.69) is 28.5 Å². The quantitative estimate of drug-likeness (QED) is 0.535. The second-order valence-electron chi connectivity index (χ2n) is 3.24. The van der Waals surface area contributed by atoms with Crippen LogP contribution in [0.1, 0.15) is 11.4 Å².